The van der Waals surface area contributed by atoms with Crippen LogP contribution in [0, 0.1) is 9.75 Å². The van der Waals surface area contributed by atoms with Crippen molar-refractivity contribution >= 4 is 57.3 Å². The van der Waals surface area contributed by atoms with E-state index in [9.17, 15) is 4.79 Å². The number of hydrogen-bond acceptors (Lipinski definition) is 7. The van der Waals surface area contributed by atoms with Crippen LogP contribution in [0.25, 0.3) is 11.2 Å². The summed E-state index contributed by atoms with van der Waals surface area (Å²) in [5, 5.41) is 0.355. The SMILES string of the molecule is COC(=O)CC1CCCN(c2nc3c(Cl)nc(I)nc3n2C2CCCCO2)C1. The molecule has 0 aliphatic carbocycles. The molecule has 0 radical (unpaired) electrons. The number of aromatic nitrogens is 4. The van der Waals surface area contributed by atoms with Gasteiger partial charge in [-0.25, -0.2) is 15.0 Å². The first-order valence-corrected chi connectivity index (χ1v) is 11.1. The van der Waals surface area contributed by atoms with Crippen molar-refractivity contribution in [1.29, 1.82) is 0 Å². The topological polar surface area (TPSA) is 82.4 Å². The van der Waals surface area contributed by atoms with E-state index >= 15 is 0 Å². The molecule has 0 bridgehead atoms. The molecule has 4 rings (SSSR count). The van der Waals surface area contributed by atoms with E-state index in [-0.39, 0.29) is 18.1 Å². The molecular formula is C18H23ClIN5O3. The molecule has 0 aromatic carbocycles. The predicted molar refractivity (Wildman–Crippen MR) is 113 cm³/mol. The third kappa shape index (κ3) is 4.06. The first-order valence-electron chi connectivity index (χ1n) is 9.61. The zero-order valence-electron chi connectivity index (χ0n) is 15.7. The molecule has 0 spiro atoms. The molecule has 2 aliphatic rings. The average Bonchev–Trinajstić information content (AvgIpc) is 3.08. The normalized spacial score (nSPS) is 23.2. The number of nitrogens with zero attached hydrogens (tertiary/aromatic N) is 5. The minimum atomic E-state index is -0.167. The second-order valence-corrected chi connectivity index (χ2v) is 8.62. The van der Waals surface area contributed by atoms with E-state index in [1.165, 1.54) is 7.11 Å². The summed E-state index contributed by atoms with van der Waals surface area (Å²) >= 11 is 8.46. The van der Waals surface area contributed by atoms with Gasteiger partial charge in [0.2, 0.25) is 5.95 Å². The van der Waals surface area contributed by atoms with Crippen LogP contribution in [0.2, 0.25) is 5.15 Å². The molecule has 152 valence electrons. The standard InChI is InChI=1S/C18H23ClIN5O3/c1-27-13(26)9-11-5-4-7-24(10-11)18-21-14-15(19)22-17(20)23-16(14)25(18)12-6-2-3-8-28-12/h11-12H,2-10H2,1H3. The molecule has 0 N–H and O–H groups in total. The Labute approximate surface area is 182 Å². The minimum Gasteiger partial charge on any atom is -0.469 e. The smallest absolute Gasteiger partial charge is 0.305 e. The van der Waals surface area contributed by atoms with Crippen LogP contribution in [0.1, 0.15) is 44.8 Å². The van der Waals surface area contributed by atoms with E-state index in [1.807, 2.05) is 0 Å². The lowest BCUT2D eigenvalue weighted by Crippen LogP contribution is -2.38. The Kier molecular flexibility index (Phi) is 6.21. The van der Waals surface area contributed by atoms with Crippen LogP contribution in [-0.2, 0) is 14.3 Å². The summed E-state index contributed by atoms with van der Waals surface area (Å²) in [6.45, 7) is 2.34. The molecule has 0 amide bonds. The molecule has 2 unspecified atom stereocenters. The molecule has 0 saturated carbocycles. The Bertz CT molecular complexity index is 871. The van der Waals surface area contributed by atoms with Gasteiger partial charge in [-0.1, -0.05) is 11.6 Å². The van der Waals surface area contributed by atoms with Gasteiger partial charge in [-0.3, -0.25) is 9.36 Å². The fourth-order valence-electron chi connectivity index (χ4n) is 4.05. The molecule has 10 heteroatoms. The Hall–Kier alpha value is -1.20. The monoisotopic (exact) mass is 519 g/mol. The van der Waals surface area contributed by atoms with E-state index in [4.69, 9.17) is 26.1 Å². The van der Waals surface area contributed by atoms with Gasteiger partial charge in [0.1, 0.15) is 11.7 Å². The maximum absolute atomic E-state index is 11.7. The number of halogens is 2. The second kappa shape index (κ2) is 8.66. The number of anilines is 1. The number of fused-ring (bicyclic) bond motifs is 1. The summed E-state index contributed by atoms with van der Waals surface area (Å²) in [6, 6.07) is 0. The van der Waals surface area contributed by atoms with E-state index in [1.54, 1.807) is 0 Å². The van der Waals surface area contributed by atoms with Crippen LogP contribution in [-0.4, -0.2) is 52.3 Å². The molecule has 2 fully saturated rings. The van der Waals surface area contributed by atoms with Crippen molar-refractivity contribution in [1.82, 2.24) is 19.5 Å². The fourth-order valence-corrected chi connectivity index (χ4v) is 4.87. The molecule has 4 heterocycles. The summed E-state index contributed by atoms with van der Waals surface area (Å²) in [7, 11) is 1.44. The number of carbonyl (C=O) groups is 1. The summed E-state index contributed by atoms with van der Waals surface area (Å²) in [4.78, 5) is 27.7. The Morgan fingerprint density at radius 2 is 2.14 bits per heavy atom. The van der Waals surface area contributed by atoms with Gasteiger partial charge in [0.25, 0.3) is 0 Å². The third-order valence-electron chi connectivity index (χ3n) is 5.38. The number of rotatable bonds is 4. The summed E-state index contributed by atoms with van der Waals surface area (Å²) in [5.41, 5.74) is 1.31. The number of piperidine rings is 1. The van der Waals surface area contributed by atoms with Crippen molar-refractivity contribution in [3.63, 3.8) is 0 Å². The highest BCUT2D eigenvalue weighted by atomic mass is 127. The predicted octanol–water partition coefficient (Wildman–Crippen LogP) is 3.56. The highest BCUT2D eigenvalue weighted by Crippen LogP contribution is 2.35. The molecule has 2 atom stereocenters. The number of imidazole rings is 1. The molecule has 2 aromatic rings. The quantitative estimate of drug-likeness (QED) is 0.264. The first-order chi connectivity index (χ1) is 13.6. The summed E-state index contributed by atoms with van der Waals surface area (Å²) in [5.74, 6) is 0.873. The maximum Gasteiger partial charge on any atom is 0.305 e. The maximum atomic E-state index is 11.7. The van der Waals surface area contributed by atoms with E-state index in [0.717, 1.165) is 57.7 Å². The van der Waals surface area contributed by atoms with Gasteiger partial charge in [0.05, 0.1) is 7.11 Å². The first kappa shape index (κ1) is 20.1. The Balaban J connectivity index is 1.73. The highest BCUT2D eigenvalue weighted by Gasteiger charge is 2.31. The molecule has 2 aliphatic heterocycles. The number of hydrogen-bond donors (Lipinski definition) is 0. The van der Waals surface area contributed by atoms with Crippen LogP contribution < -0.4 is 4.90 Å². The highest BCUT2D eigenvalue weighted by molar-refractivity contribution is 14.1. The number of carbonyl (C=O) groups excluding carboxylic acids is 1. The zero-order valence-corrected chi connectivity index (χ0v) is 18.6. The van der Waals surface area contributed by atoms with Crippen molar-refractivity contribution in [2.45, 2.75) is 44.8 Å². The van der Waals surface area contributed by atoms with Gasteiger partial charge in [-0.15, -0.1) is 0 Å². The van der Waals surface area contributed by atoms with Crippen LogP contribution in [0.5, 0.6) is 0 Å². The van der Waals surface area contributed by atoms with Crippen molar-refractivity contribution < 1.29 is 14.3 Å². The fraction of sp³-hybridized carbons (Fsp3) is 0.667. The largest absolute Gasteiger partial charge is 0.469 e. The lowest BCUT2D eigenvalue weighted by Gasteiger charge is -2.35. The lowest BCUT2D eigenvalue weighted by molar-refractivity contribution is -0.141. The zero-order chi connectivity index (χ0) is 19.7. The van der Waals surface area contributed by atoms with Crippen LogP contribution in [0.15, 0.2) is 0 Å². The van der Waals surface area contributed by atoms with Crippen LogP contribution in [0.3, 0.4) is 0 Å². The Morgan fingerprint density at radius 3 is 2.89 bits per heavy atom. The third-order valence-corrected chi connectivity index (χ3v) is 6.13. The Morgan fingerprint density at radius 1 is 1.29 bits per heavy atom. The van der Waals surface area contributed by atoms with Crippen molar-refractivity contribution in [2.24, 2.45) is 5.92 Å². The summed E-state index contributed by atoms with van der Waals surface area (Å²) < 4.78 is 13.6. The minimum absolute atomic E-state index is 0.114. The van der Waals surface area contributed by atoms with Crippen molar-refractivity contribution in [3.8, 4) is 0 Å². The molecule has 28 heavy (non-hydrogen) atoms. The summed E-state index contributed by atoms with van der Waals surface area (Å²) in [6.07, 6.45) is 5.39. The lowest BCUT2D eigenvalue weighted by atomic mass is 9.95. The number of ether oxygens (including phenoxy) is 2. The molecule has 2 saturated heterocycles. The van der Waals surface area contributed by atoms with Gasteiger partial charge in [0.15, 0.2) is 14.6 Å². The molecule has 8 nitrogen and oxygen atoms in total. The van der Waals surface area contributed by atoms with Gasteiger partial charge in [-0.2, -0.15) is 0 Å². The molecular weight excluding hydrogens is 497 g/mol. The number of esters is 1. The number of methoxy groups -OCH3 is 1. The second-order valence-electron chi connectivity index (χ2n) is 7.29. The van der Waals surface area contributed by atoms with Gasteiger partial charge in [-0.05, 0) is 38.0 Å². The van der Waals surface area contributed by atoms with Gasteiger partial charge < -0.3 is 14.4 Å². The van der Waals surface area contributed by atoms with Gasteiger partial charge in [0, 0.05) is 48.7 Å². The average molecular weight is 520 g/mol. The van der Waals surface area contributed by atoms with Gasteiger partial charge >= 0.3 is 5.97 Å². The van der Waals surface area contributed by atoms with E-state index in [2.05, 4.69) is 42.0 Å². The van der Waals surface area contributed by atoms with E-state index in [0.29, 0.717) is 26.6 Å². The van der Waals surface area contributed by atoms with Crippen LogP contribution >= 0.6 is 34.2 Å². The molecule has 2 aromatic heterocycles. The van der Waals surface area contributed by atoms with Crippen molar-refractivity contribution in [2.75, 3.05) is 31.7 Å². The van der Waals surface area contributed by atoms with Crippen LogP contribution in [0.4, 0.5) is 5.95 Å². The van der Waals surface area contributed by atoms with Crippen molar-refractivity contribution in [3.05, 3.63) is 8.98 Å². The van der Waals surface area contributed by atoms with E-state index < -0.39 is 0 Å².